The minimum absolute atomic E-state index is 0.592. The van der Waals surface area contributed by atoms with Gasteiger partial charge in [0, 0.05) is 18.5 Å². The highest BCUT2D eigenvalue weighted by Crippen LogP contribution is 2.47. The summed E-state index contributed by atoms with van der Waals surface area (Å²) < 4.78 is 4.40. The third-order valence-corrected chi connectivity index (χ3v) is 4.13. The van der Waals surface area contributed by atoms with Gasteiger partial charge in [0.1, 0.15) is 17.3 Å². The number of aromatic nitrogens is 4. The van der Waals surface area contributed by atoms with Crippen molar-refractivity contribution in [1.82, 2.24) is 19.1 Å². The first kappa shape index (κ1) is 11.1. The van der Waals surface area contributed by atoms with E-state index in [9.17, 15) is 0 Å². The van der Waals surface area contributed by atoms with E-state index in [2.05, 4.69) is 21.0 Å². The largest absolute Gasteiger partial charge is 0.383 e. The number of anilines is 1. The van der Waals surface area contributed by atoms with E-state index < -0.39 is 0 Å². The first-order valence-corrected chi connectivity index (χ1v) is 7.17. The van der Waals surface area contributed by atoms with Crippen LogP contribution >= 0.6 is 0 Å². The molecule has 0 saturated heterocycles. The first-order chi connectivity index (χ1) is 9.29. The van der Waals surface area contributed by atoms with Gasteiger partial charge in [-0.05, 0) is 32.6 Å². The molecule has 2 aromatic rings. The van der Waals surface area contributed by atoms with Gasteiger partial charge >= 0.3 is 0 Å². The number of hydrogen-bond acceptors (Lipinski definition) is 3. The smallest absolute Gasteiger partial charge is 0.133 e. The van der Waals surface area contributed by atoms with E-state index in [0.717, 1.165) is 23.8 Å². The first-order valence-electron chi connectivity index (χ1n) is 7.17. The standard InChI is InChI=1S/C14H19N5/c1-2-18-8-16-7-11(18)12-13(15)19(10-5-6-10)14(17-12)9-3-4-9/h7-10H,2-6,15H2,1H3. The molecule has 0 aromatic carbocycles. The van der Waals surface area contributed by atoms with E-state index in [1.165, 1.54) is 31.5 Å². The van der Waals surface area contributed by atoms with Crippen molar-refractivity contribution in [2.45, 2.75) is 51.1 Å². The lowest BCUT2D eigenvalue weighted by atomic mass is 10.3. The van der Waals surface area contributed by atoms with E-state index in [1.54, 1.807) is 0 Å². The van der Waals surface area contributed by atoms with E-state index in [1.807, 2.05) is 12.5 Å². The van der Waals surface area contributed by atoms with Gasteiger partial charge in [-0.15, -0.1) is 0 Å². The van der Waals surface area contributed by atoms with Crippen LogP contribution in [0.4, 0.5) is 5.82 Å². The molecule has 2 N–H and O–H groups in total. The van der Waals surface area contributed by atoms with E-state index in [4.69, 9.17) is 10.7 Å². The number of aryl methyl sites for hydroxylation is 1. The molecule has 100 valence electrons. The van der Waals surface area contributed by atoms with E-state index >= 15 is 0 Å². The Labute approximate surface area is 112 Å². The summed E-state index contributed by atoms with van der Waals surface area (Å²) in [6.45, 7) is 3.00. The lowest BCUT2D eigenvalue weighted by Gasteiger charge is -2.07. The van der Waals surface area contributed by atoms with Crippen LogP contribution in [0.5, 0.6) is 0 Å². The molecular formula is C14H19N5. The molecule has 2 heterocycles. The topological polar surface area (TPSA) is 61.7 Å². The molecule has 2 fully saturated rings. The molecule has 0 unspecified atom stereocenters. The van der Waals surface area contributed by atoms with E-state index in [-0.39, 0.29) is 0 Å². The highest BCUT2D eigenvalue weighted by Gasteiger charge is 2.37. The molecule has 0 spiro atoms. The van der Waals surface area contributed by atoms with Crippen LogP contribution in [0.2, 0.25) is 0 Å². The molecule has 2 aliphatic rings. The molecule has 2 saturated carbocycles. The number of nitrogen functional groups attached to an aromatic ring is 1. The zero-order chi connectivity index (χ0) is 13.0. The van der Waals surface area contributed by atoms with Crippen molar-refractivity contribution in [2.24, 2.45) is 0 Å². The Bertz CT molecular complexity index is 616. The Morgan fingerprint density at radius 3 is 2.74 bits per heavy atom. The molecular weight excluding hydrogens is 238 g/mol. The molecule has 0 radical (unpaired) electrons. The predicted molar refractivity (Wildman–Crippen MR) is 73.8 cm³/mol. The van der Waals surface area contributed by atoms with Crippen LogP contribution in [-0.4, -0.2) is 19.1 Å². The highest BCUT2D eigenvalue weighted by molar-refractivity contribution is 5.68. The van der Waals surface area contributed by atoms with Crippen LogP contribution in [0.25, 0.3) is 11.4 Å². The van der Waals surface area contributed by atoms with Crippen molar-refractivity contribution in [1.29, 1.82) is 0 Å². The van der Waals surface area contributed by atoms with Crippen LogP contribution in [0.1, 0.15) is 50.4 Å². The molecule has 0 bridgehead atoms. The summed E-state index contributed by atoms with van der Waals surface area (Å²) >= 11 is 0. The molecule has 4 rings (SSSR count). The fourth-order valence-corrected chi connectivity index (χ4v) is 2.77. The SMILES string of the molecule is CCn1cncc1-c1nc(C2CC2)n(C2CC2)c1N. The van der Waals surface area contributed by atoms with Crippen LogP contribution < -0.4 is 5.73 Å². The second-order valence-electron chi connectivity index (χ2n) is 5.64. The third kappa shape index (κ3) is 1.68. The zero-order valence-electron chi connectivity index (χ0n) is 11.2. The second kappa shape index (κ2) is 3.85. The van der Waals surface area contributed by atoms with Gasteiger partial charge in [0.25, 0.3) is 0 Å². The van der Waals surface area contributed by atoms with Crippen LogP contribution in [-0.2, 0) is 6.54 Å². The molecule has 2 aliphatic carbocycles. The average molecular weight is 257 g/mol. The van der Waals surface area contributed by atoms with Gasteiger partial charge < -0.3 is 14.9 Å². The van der Waals surface area contributed by atoms with Crippen molar-refractivity contribution in [3.05, 3.63) is 18.3 Å². The Hall–Kier alpha value is -1.78. The van der Waals surface area contributed by atoms with Gasteiger partial charge in [-0.1, -0.05) is 0 Å². The average Bonchev–Trinajstić information content (AvgIpc) is 3.33. The number of rotatable bonds is 4. The maximum atomic E-state index is 6.38. The minimum Gasteiger partial charge on any atom is -0.383 e. The van der Waals surface area contributed by atoms with Crippen LogP contribution in [0, 0.1) is 0 Å². The fourth-order valence-electron chi connectivity index (χ4n) is 2.77. The molecule has 19 heavy (non-hydrogen) atoms. The summed E-state index contributed by atoms with van der Waals surface area (Å²) in [5.41, 5.74) is 8.35. The Morgan fingerprint density at radius 2 is 2.11 bits per heavy atom. The van der Waals surface area contributed by atoms with Gasteiger partial charge in [-0.2, -0.15) is 0 Å². The highest BCUT2D eigenvalue weighted by atomic mass is 15.2. The normalized spacial score (nSPS) is 19.0. The van der Waals surface area contributed by atoms with Crippen molar-refractivity contribution in [2.75, 3.05) is 5.73 Å². The number of hydrogen-bond donors (Lipinski definition) is 1. The van der Waals surface area contributed by atoms with Crippen molar-refractivity contribution in [3.8, 4) is 11.4 Å². The molecule has 0 amide bonds. The Morgan fingerprint density at radius 1 is 1.32 bits per heavy atom. The van der Waals surface area contributed by atoms with Gasteiger partial charge in [0.2, 0.25) is 0 Å². The fraction of sp³-hybridized carbons (Fsp3) is 0.571. The molecule has 5 nitrogen and oxygen atoms in total. The molecule has 0 aliphatic heterocycles. The lowest BCUT2D eigenvalue weighted by molar-refractivity contribution is 0.691. The maximum Gasteiger partial charge on any atom is 0.133 e. The summed E-state index contributed by atoms with van der Waals surface area (Å²) in [5.74, 6) is 2.67. The number of nitrogens with two attached hydrogens (primary N) is 1. The molecule has 2 aromatic heterocycles. The van der Waals surface area contributed by atoms with Gasteiger partial charge in [0.05, 0.1) is 18.2 Å². The number of nitrogens with zero attached hydrogens (tertiary/aromatic N) is 4. The van der Waals surface area contributed by atoms with Crippen LogP contribution in [0.15, 0.2) is 12.5 Å². The third-order valence-electron chi connectivity index (χ3n) is 4.13. The van der Waals surface area contributed by atoms with Crippen molar-refractivity contribution >= 4 is 5.82 Å². The van der Waals surface area contributed by atoms with Gasteiger partial charge in [-0.3, -0.25) is 0 Å². The number of imidazole rings is 2. The van der Waals surface area contributed by atoms with Crippen molar-refractivity contribution in [3.63, 3.8) is 0 Å². The summed E-state index contributed by atoms with van der Waals surface area (Å²) in [6.07, 6.45) is 8.72. The molecule has 5 heteroatoms. The summed E-state index contributed by atoms with van der Waals surface area (Å²) in [7, 11) is 0. The molecule has 0 atom stereocenters. The lowest BCUT2D eigenvalue weighted by Crippen LogP contribution is -2.04. The van der Waals surface area contributed by atoms with Gasteiger partial charge in [0.15, 0.2) is 0 Å². The monoisotopic (exact) mass is 257 g/mol. The van der Waals surface area contributed by atoms with E-state index in [0.29, 0.717) is 12.0 Å². The Kier molecular flexibility index (Phi) is 2.25. The zero-order valence-corrected chi connectivity index (χ0v) is 11.2. The summed E-state index contributed by atoms with van der Waals surface area (Å²) in [4.78, 5) is 9.09. The quantitative estimate of drug-likeness (QED) is 0.915. The summed E-state index contributed by atoms with van der Waals surface area (Å²) in [6, 6.07) is 0.592. The Balaban J connectivity index is 1.86. The van der Waals surface area contributed by atoms with Gasteiger partial charge in [-0.25, -0.2) is 9.97 Å². The van der Waals surface area contributed by atoms with Crippen molar-refractivity contribution < 1.29 is 0 Å². The second-order valence-corrected chi connectivity index (χ2v) is 5.64. The van der Waals surface area contributed by atoms with Crippen LogP contribution in [0.3, 0.4) is 0 Å². The maximum absolute atomic E-state index is 6.38. The minimum atomic E-state index is 0.592. The predicted octanol–water partition coefficient (Wildman–Crippen LogP) is 2.56. The summed E-state index contributed by atoms with van der Waals surface area (Å²) in [5, 5.41) is 0.